The third-order valence-corrected chi connectivity index (χ3v) is 6.98. The summed E-state index contributed by atoms with van der Waals surface area (Å²) in [6.45, 7) is 2.84. The average Bonchev–Trinajstić information content (AvgIpc) is 3.45. The Bertz CT molecular complexity index is 1250. The Morgan fingerprint density at radius 1 is 1.19 bits per heavy atom. The maximum Gasteiger partial charge on any atom is 0.269 e. The molecule has 2 aliphatic rings. The molecule has 10 heteroatoms. The lowest BCUT2D eigenvalue weighted by Crippen LogP contribution is -2.37. The first-order valence-corrected chi connectivity index (χ1v) is 12.8. The zero-order valence-corrected chi connectivity index (χ0v) is 21.2. The van der Waals surface area contributed by atoms with Crippen molar-refractivity contribution in [1.29, 1.82) is 0 Å². The van der Waals surface area contributed by atoms with Gasteiger partial charge in [-0.15, -0.1) is 0 Å². The molecule has 2 aliphatic heterocycles. The van der Waals surface area contributed by atoms with Crippen molar-refractivity contribution < 1.29 is 9.59 Å². The molecule has 2 saturated heterocycles. The van der Waals surface area contributed by atoms with Gasteiger partial charge in [-0.3, -0.25) is 9.59 Å². The largest absolute Gasteiger partial charge is 0.344 e. The van der Waals surface area contributed by atoms with Crippen molar-refractivity contribution in [3.8, 4) is 0 Å². The molecule has 0 radical (unpaired) electrons. The van der Waals surface area contributed by atoms with Gasteiger partial charge in [0, 0.05) is 44.5 Å². The average molecular weight is 491 g/mol. The van der Waals surface area contributed by atoms with Crippen molar-refractivity contribution in [2.45, 2.75) is 64.0 Å². The summed E-state index contributed by atoms with van der Waals surface area (Å²) in [6.07, 6.45) is 8.46. The minimum Gasteiger partial charge on any atom is -0.344 e. The molecule has 5 heterocycles. The van der Waals surface area contributed by atoms with Gasteiger partial charge in [-0.1, -0.05) is 19.8 Å². The molecule has 0 saturated carbocycles. The summed E-state index contributed by atoms with van der Waals surface area (Å²) in [5.74, 6) is 1.05. The van der Waals surface area contributed by atoms with Crippen LogP contribution in [0.25, 0.3) is 11.0 Å². The van der Waals surface area contributed by atoms with Crippen LogP contribution in [-0.2, 0) is 11.2 Å². The number of aromatic nitrogens is 4. The zero-order valence-electron chi connectivity index (χ0n) is 21.2. The highest BCUT2D eigenvalue weighted by Gasteiger charge is 2.34. The van der Waals surface area contributed by atoms with Gasteiger partial charge in [0.05, 0.1) is 17.6 Å². The topological polar surface area (TPSA) is 119 Å². The molecule has 36 heavy (non-hydrogen) atoms. The van der Waals surface area contributed by atoms with Crippen molar-refractivity contribution in [3.05, 3.63) is 35.8 Å². The van der Waals surface area contributed by atoms with Gasteiger partial charge in [-0.2, -0.15) is 4.98 Å². The van der Waals surface area contributed by atoms with Gasteiger partial charge in [0.1, 0.15) is 17.2 Å². The quantitative estimate of drug-likeness (QED) is 0.414. The Balaban J connectivity index is 1.38. The fourth-order valence-electron chi connectivity index (χ4n) is 5.05. The van der Waals surface area contributed by atoms with Gasteiger partial charge in [-0.25, -0.2) is 9.97 Å². The van der Waals surface area contributed by atoms with Crippen LogP contribution in [0.3, 0.4) is 0 Å². The number of unbranched alkanes of at least 4 members (excludes halogenated alkanes) is 2. The van der Waals surface area contributed by atoms with E-state index in [9.17, 15) is 9.59 Å². The van der Waals surface area contributed by atoms with E-state index in [0.29, 0.717) is 48.2 Å². The number of nitrogens with one attached hydrogen (secondary N) is 3. The summed E-state index contributed by atoms with van der Waals surface area (Å²) in [6, 6.07) is 6.24. The lowest BCUT2D eigenvalue weighted by molar-refractivity contribution is -0.118. The van der Waals surface area contributed by atoms with Crippen molar-refractivity contribution in [2.24, 2.45) is 0 Å². The van der Waals surface area contributed by atoms with Crippen LogP contribution in [-0.4, -0.2) is 69.4 Å². The third kappa shape index (κ3) is 5.04. The number of pyridine rings is 1. The highest BCUT2D eigenvalue weighted by Crippen LogP contribution is 2.27. The number of H-pyrrole nitrogens is 1. The van der Waals surface area contributed by atoms with E-state index in [2.05, 4.69) is 32.5 Å². The molecule has 5 rings (SSSR count). The van der Waals surface area contributed by atoms with Crippen LogP contribution in [0.2, 0.25) is 0 Å². The number of hydrogen-bond donors (Lipinski definition) is 3. The van der Waals surface area contributed by atoms with Crippen molar-refractivity contribution in [3.63, 3.8) is 0 Å². The van der Waals surface area contributed by atoms with E-state index in [1.165, 1.54) is 4.90 Å². The molecule has 2 fully saturated rings. The lowest BCUT2D eigenvalue weighted by atomic mass is 10.1. The number of carbonyl (C=O) groups is 2. The van der Waals surface area contributed by atoms with Crippen LogP contribution in [0.1, 0.15) is 61.6 Å². The first-order chi connectivity index (χ1) is 17.4. The van der Waals surface area contributed by atoms with Gasteiger partial charge < -0.3 is 25.4 Å². The molecule has 0 aliphatic carbocycles. The van der Waals surface area contributed by atoms with Gasteiger partial charge in [0.2, 0.25) is 11.9 Å². The van der Waals surface area contributed by atoms with Crippen molar-refractivity contribution in [2.75, 3.05) is 30.9 Å². The molecule has 3 N–H and O–H groups in total. The summed E-state index contributed by atoms with van der Waals surface area (Å²) in [5.41, 5.74) is 2.82. The number of carbonyl (C=O) groups excluding carboxylic acids is 2. The number of hydrogen-bond acceptors (Lipinski definition) is 7. The maximum atomic E-state index is 12.7. The molecule has 3 aromatic heterocycles. The second kappa shape index (κ2) is 10.2. The number of fused-ring (bicyclic) bond motifs is 3. The summed E-state index contributed by atoms with van der Waals surface area (Å²) >= 11 is 0. The smallest absolute Gasteiger partial charge is 0.269 e. The highest BCUT2D eigenvalue weighted by atomic mass is 16.2. The van der Waals surface area contributed by atoms with Crippen LogP contribution in [0.15, 0.2) is 24.4 Å². The Kier molecular flexibility index (Phi) is 6.86. The molecule has 0 unspecified atom stereocenters. The Hall–Kier alpha value is -3.53. The van der Waals surface area contributed by atoms with Crippen molar-refractivity contribution >= 4 is 40.3 Å². The van der Waals surface area contributed by atoms with E-state index >= 15 is 0 Å². The monoisotopic (exact) mass is 490 g/mol. The zero-order chi connectivity index (χ0) is 25.2. The van der Waals surface area contributed by atoms with Crippen LogP contribution in [0.5, 0.6) is 0 Å². The molecule has 190 valence electrons. The molecule has 2 atom stereocenters. The minimum atomic E-state index is -0.106. The standard InChI is InChI=1S/C26H34N8O2/c1-4-5-6-7-20-19-13-21(25(36)33(2)3)29-24(19)32-26(30-20)31-22-11-10-18(14-27-22)34-15-17-9-8-16(28-17)12-23(34)35/h10-11,13-14,16-17,28H,4-9,12,15H2,1-3H3,(H2,27,29,30,31,32)/t16-,17+/m1/s1. The lowest BCUT2D eigenvalue weighted by Gasteiger charge is -2.24. The Labute approximate surface area is 210 Å². The fraction of sp³-hybridized carbons (Fsp3) is 0.500. The fourth-order valence-corrected chi connectivity index (χ4v) is 5.05. The van der Waals surface area contributed by atoms with E-state index < -0.39 is 0 Å². The Morgan fingerprint density at radius 3 is 2.78 bits per heavy atom. The first-order valence-electron chi connectivity index (χ1n) is 12.8. The number of rotatable bonds is 8. The van der Waals surface area contributed by atoms with Crippen LogP contribution < -0.4 is 15.5 Å². The molecule has 0 spiro atoms. The summed E-state index contributed by atoms with van der Waals surface area (Å²) < 4.78 is 0. The molecule has 3 aromatic rings. The van der Waals surface area contributed by atoms with Crippen LogP contribution >= 0.6 is 0 Å². The van der Waals surface area contributed by atoms with Gasteiger partial charge >= 0.3 is 0 Å². The number of nitrogens with zero attached hydrogens (tertiary/aromatic N) is 5. The third-order valence-electron chi connectivity index (χ3n) is 6.98. The molecular formula is C26H34N8O2. The van der Waals surface area contributed by atoms with E-state index in [1.54, 1.807) is 20.3 Å². The number of aromatic amines is 1. The summed E-state index contributed by atoms with van der Waals surface area (Å²) in [4.78, 5) is 45.7. The highest BCUT2D eigenvalue weighted by molar-refractivity contribution is 5.97. The van der Waals surface area contributed by atoms with E-state index in [0.717, 1.165) is 55.3 Å². The predicted molar refractivity (Wildman–Crippen MR) is 140 cm³/mol. The molecule has 2 bridgehead atoms. The van der Waals surface area contributed by atoms with E-state index in [4.69, 9.17) is 4.98 Å². The summed E-state index contributed by atoms with van der Waals surface area (Å²) in [7, 11) is 3.45. The second-order valence-corrected chi connectivity index (χ2v) is 9.97. The summed E-state index contributed by atoms with van der Waals surface area (Å²) in [5, 5.41) is 7.61. The predicted octanol–water partition coefficient (Wildman–Crippen LogP) is 3.39. The molecule has 0 aromatic carbocycles. The Morgan fingerprint density at radius 2 is 2.03 bits per heavy atom. The number of aryl methyl sites for hydroxylation is 1. The SMILES string of the molecule is CCCCCc1nc(Nc2ccc(N3C[C@@H]4CC[C@H](CC3=O)N4)cn2)nc2[nH]c(C(=O)N(C)C)cc12. The van der Waals surface area contributed by atoms with Gasteiger partial charge in [0.25, 0.3) is 5.91 Å². The minimum absolute atomic E-state index is 0.106. The van der Waals surface area contributed by atoms with E-state index in [-0.39, 0.29) is 11.8 Å². The maximum absolute atomic E-state index is 12.7. The molecular weight excluding hydrogens is 456 g/mol. The van der Waals surface area contributed by atoms with Crippen molar-refractivity contribution in [1.82, 2.24) is 30.2 Å². The normalized spacial score (nSPS) is 19.5. The molecule has 2 amide bonds. The van der Waals surface area contributed by atoms with Crippen LogP contribution in [0.4, 0.5) is 17.5 Å². The van der Waals surface area contributed by atoms with E-state index in [1.807, 2.05) is 23.1 Å². The first kappa shape index (κ1) is 24.2. The molecule has 10 nitrogen and oxygen atoms in total. The van der Waals surface area contributed by atoms with Crippen LogP contribution in [0, 0.1) is 0 Å². The van der Waals surface area contributed by atoms with Gasteiger partial charge in [-0.05, 0) is 43.9 Å². The second-order valence-electron chi connectivity index (χ2n) is 9.97. The number of anilines is 3. The van der Waals surface area contributed by atoms with Gasteiger partial charge in [0.15, 0.2) is 0 Å². The number of amides is 2.